The van der Waals surface area contributed by atoms with Crippen molar-refractivity contribution in [2.45, 2.75) is 39.5 Å². The number of aromatic carboxylic acids is 1. The SMILES string of the molecule is CCOC(=O)[C@H](C)OCc1ccccc1.C[C@H]1COc2c(N3CCN(C)CC3)c(F)cc3c(=O)c(C(=O)O)cn1c23. The maximum atomic E-state index is 15.0. The molecule has 1 saturated heterocycles. The zero-order valence-electron chi connectivity index (χ0n) is 23.8. The van der Waals surface area contributed by atoms with E-state index in [2.05, 4.69) is 4.90 Å². The topological polar surface area (TPSA) is 111 Å². The van der Waals surface area contributed by atoms with Crippen LogP contribution in [0.3, 0.4) is 0 Å². The lowest BCUT2D eigenvalue weighted by atomic mass is 10.1. The van der Waals surface area contributed by atoms with E-state index in [1.165, 1.54) is 6.20 Å². The first-order valence-electron chi connectivity index (χ1n) is 13.6. The largest absolute Gasteiger partial charge is 0.487 e. The molecule has 2 atom stereocenters. The summed E-state index contributed by atoms with van der Waals surface area (Å²) >= 11 is 0. The van der Waals surface area contributed by atoms with E-state index in [1.54, 1.807) is 18.4 Å². The summed E-state index contributed by atoms with van der Waals surface area (Å²) < 4.78 is 32.8. The molecule has 0 aliphatic carbocycles. The molecule has 5 rings (SSSR count). The van der Waals surface area contributed by atoms with Crippen molar-refractivity contribution in [2.75, 3.05) is 51.3 Å². The molecule has 1 fully saturated rings. The van der Waals surface area contributed by atoms with Gasteiger partial charge in [0, 0.05) is 32.4 Å². The summed E-state index contributed by atoms with van der Waals surface area (Å²) in [7, 11) is 2.02. The summed E-state index contributed by atoms with van der Waals surface area (Å²) in [6.07, 6.45) is 0.833. The van der Waals surface area contributed by atoms with Gasteiger partial charge in [0.05, 0.1) is 30.2 Å². The van der Waals surface area contributed by atoms with Gasteiger partial charge in [-0.15, -0.1) is 0 Å². The van der Waals surface area contributed by atoms with Crippen LogP contribution in [0, 0.1) is 5.82 Å². The zero-order chi connectivity index (χ0) is 29.7. The van der Waals surface area contributed by atoms with Crippen LogP contribution in [0.15, 0.2) is 47.4 Å². The number of ether oxygens (including phenoxy) is 3. The number of benzene rings is 2. The van der Waals surface area contributed by atoms with Gasteiger partial charge in [-0.05, 0) is 39.4 Å². The first-order chi connectivity index (χ1) is 19.6. The Hall–Kier alpha value is -3.96. The quantitative estimate of drug-likeness (QED) is 0.426. The fourth-order valence-corrected chi connectivity index (χ4v) is 4.81. The van der Waals surface area contributed by atoms with Gasteiger partial charge in [-0.1, -0.05) is 30.3 Å². The molecule has 0 unspecified atom stereocenters. The average Bonchev–Trinajstić information content (AvgIpc) is 2.96. The molecule has 0 radical (unpaired) electrons. The first kappa shape index (κ1) is 30.0. The van der Waals surface area contributed by atoms with Crippen LogP contribution in [0.5, 0.6) is 5.75 Å². The molecule has 1 aromatic heterocycles. The number of carbonyl (C=O) groups is 2. The lowest BCUT2D eigenvalue weighted by Gasteiger charge is -2.37. The summed E-state index contributed by atoms with van der Waals surface area (Å²) in [5.41, 5.74) is 0.826. The van der Waals surface area contributed by atoms with Crippen LogP contribution < -0.4 is 15.1 Å². The minimum absolute atomic E-state index is 0.0434. The van der Waals surface area contributed by atoms with E-state index >= 15 is 0 Å². The van der Waals surface area contributed by atoms with Crippen LogP contribution in [0.25, 0.3) is 10.9 Å². The summed E-state index contributed by atoms with van der Waals surface area (Å²) in [6, 6.07) is 10.7. The Morgan fingerprint density at radius 3 is 2.49 bits per heavy atom. The third-order valence-corrected chi connectivity index (χ3v) is 7.15. The van der Waals surface area contributed by atoms with Gasteiger partial charge in [-0.2, -0.15) is 0 Å². The highest BCUT2D eigenvalue weighted by Gasteiger charge is 2.31. The Balaban J connectivity index is 0.000000221. The fourth-order valence-electron chi connectivity index (χ4n) is 4.81. The average molecular weight is 570 g/mol. The smallest absolute Gasteiger partial charge is 0.341 e. The van der Waals surface area contributed by atoms with E-state index in [4.69, 9.17) is 14.2 Å². The Labute approximate surface area is 237 Å². The molecule has 0 amide bonds. The van der Waals surface area contributed by atoms with Crippen molar-refractivity contribution in [3.05, 3.63) is 69.8 Å². The van der Waals surface area contributed by atoms with Crippen molar-refractivity contribution in [1.29, 1.82) is 0 Å². The summed E-state index contributed by atoms with van der Waals surface area (Å²) in [6.45, 7) is 9.37. The maximum absolute atomic E-state index is 15.0. The third-order valence-electron chi connectivity index (χ3n) is 7.15. The van der Waals surface area contributed by atoms with Gasteiger partial charge in [-0.3, -0.25) is 4.79 Å². The molecule has 1 N–H and O–H groups in total. The number of carboxylic acid groups (broad SMARTS) is 1. The normalized spacial score (nSPS) is 17.3. The molecule has 0 bridgehead atoms. The molecule has 11 heteroatoms. The van der Waals surface area contributed by atoms with Gasteiger partial charge in [0.2, 0.25) is 5.43 Å². The summed E-state index contributed by atoms with van der Waals surface area (Å²) in [4.78, 5) is 39.3. The van der Waals surface area contributed by atoms with E-state index in [0.717, 1.165) is 24.7 Å². The van der Waals surface area contributed by atoms with Crippen molar-refractivity contribution in [1.82, 2.24) is 9.47 Å². The van der Waals surface area contributed by atoms with Crippen LogP contribution in [-0.2, 0) is 20.9 Å². The molecular weight excluding hydrogens is 533 g/mol. The van der Waals surface area contributed by atoms with Crippen LogP contribution in [-0.4, -0.2) is 79.1 Å². The number of carbonyl (C=O) groups excluding carboxylic acids is 1. The number of halogens is 1. The molecule has 3 heterocycles. The van der Waals surface area contributed by atoms with Gasteiger partial charge >= 0.3 is 11.9 Å². The summed E-state index contributed by atoms with van der Waals surface area (Å²) in [5, 5.41) is 9.36. The summed E-state index contributed by atoms with van der Waals surface area (Å²) in [5.74, 6) is -1.85. The Morgan fingerprint density at radius 1 is 1.17 bits per heavy atom. The van der Waals surface area contributed by atoms with Crippen molar-refractivity contribution < 1.29 is 33.3 Å². The van der Waals surface area contributed by atoms with Crippen LogP contribution in [0.4, 0.5) is 10.1 Å². The number of rotatable bonds is 7. The van der Waals surface area contributed by atoms with E-state index in [9.17, 15) is 23.9 Å². The minimum Gasteiger partial charge on any atom is -0.487 e. The Kier molecular flexibility index (Phi) is 9.61. The van der Waals surface area contributed by atoms with E-state index in [-0.39, 0.29) is 29.6 Å². The molecule has 3 aromatic rings. The highest BCUT2D eigenvalue weighted by atomic mass is 19.1. The second-order valence-electron chi connectivity index (χ2n) is 10.2. The third kappa shape index (κ3) is 6.68. The minimum atomic E-state index is -1.32. The standard InChI is InChI=1S/C18H20FN3O4.C12H16O3/c1-10-9-26-17-14-11(16(23)12(18(24)25)8-22(10)14)7-13(19)15(17)21-5-3-20(2)4-6-21;1-3-14-12(13)10(2)15-9-11-7-5-4-6-8-11/h7-8,10H,3-6,9H2,1-2H3,(H,24,25);4-8,10H,3,9H2,1-2H3/t2*10-/m00/s1. The second kappa shape index (κ2) is 13.1. The van der Waals surface area contributed by atoms with Gasteiger partial charge in [0.25, 0.3) is 0 Å². The van der Waals surface area contributed by atoms with Gasteiger partial charge in [0.15, 0.2) is 17.7 Å². The van der Waals surface area contributed by atoms with Crippen LogP contribution in [0.1, 0.15) is 42.7 Å². The molecule has 0 saturated carbocycles. The molecule has 2 aromatic carbocycles. The number of hydrogen-bond donors (Lipinski definition) is 1. The molecule has 41 heavy (non-hydrogen) atoms. The Morgan fingerprint density at radius 2 is 1.85 bits per heavy atom. The maximum Gasteiger partial charge on any atom is 0.341 e. The Bertz CT molecular complexity index is 1450. The second-order valence-corrected chi connectivity index (χ2v) is 10.2. The molecule has 2 aliphatic heterocycles. The number of nitrogens with zero attached hydrogens (tertiary/aromatic N) is 3. The van der Waals surface area contributed by atoms with Crippen molar-refractivity contribution in [2.24, 2.45) is 0 Å². The van der Waals surface area contributed by atoms with Crippen molar-refractivity contribution in [3.8, 4) is 5.75 Å². The van der Waals surface area contributed by atoms with Crippen molar-refractivity contribution in [3.63, 3.8) is 0 Å². The van der Waals surface area contributed by atoms with E-state index in [0.29, 0.717) is 43.3 Å². The monoisotopic (exact) mass is 569 g/mol. The van der Waals surface area contributed by atoms with E-state index in [1.807, 2.05) is 49.2 Å². The molecule has 220 valence electrons. The first-order valence-corrected chi connectivity index (χ1v) is 13.6. The molecule has 10 nitrogen and oxygen atoms in total. The van der Waals surface area contributed by atoms with Crippen molar-refractivity contribution >= 4 is 28.5 Å². The molecule has 0 spiro atoms. The number of esters is 1. The zero-order valence-corrected chi connectivity index (χ0v) is 23.8. The van der Waals surface area contributed by atoms with Gasteiger partial charge in [-0.25, -0.2) is 14.0 Å². The van der Waals surface area contributed by atoms with Gasteiger partial charge in [0.1, 0.15) is 17.9 Å². The lowest BCUT2D eigenvalue weighted by Crippen LogP contribution is -2.45. The molecular formula is C30H36FN3O7. The lowest BCUT2D eigenvalue weighted by molar-refractivity contribution is -0.156. The van der Waals surface area contributed by atoms with Crippen LogP contribution in [0.2, 0.25) is 0 Å². The fraction of sp³-hybridized carbons (Fsp3) is 0.433. The number of piperazine rings is 1. The number of anilines is 1. The number of carboxylic acids is 1. The van der Waals surface area contributed by atoms with Crippen LogP contribution >= 0.6 is 0 Å². The number of aromatic nitrogens is 1. The van der Waals surface area contributed by atoms with Gasteiger partial charge < -0.3 is 33.7 Å². The number of hydrogen-bond acceptors (Lipinski definition) is 8. The number of likely N-dealkylation sites (N-methyl/N-ethyl adjacent to an activating group) is 1. The number of pyridine rings is 1. The molecule has 2 aliphatic rings. The predicted molar refractivity (Wildman–Crippen MR) is 152 cm³/mol. The highest BCUT2D eigenvalue weighted by Crippen LogP contribution is 2.42. The highest BCUT2D eigenvalue weighted by molar-refractivity contribution is 5.97. The predicted octanol–water partition coefficient (Wildman–Crippen LogP) is 3.70. The van der Waals surface area contributed by atoms with E-state index < -0.39 is 23.3 Å².